The maximum atomic E-state index is 5.87. The summed E-state index contributed by atoms with van der Waals surface area (Å²) in [4.78, 5) is 2.52. The number of benzene rings is 4. The number of nitrogens with zero attached hydrogens (tertiary/aromatic N) is 3. The molecule has 4 aromatic rings. The highest BCUT2D eigenvalue weighted by molar-refractivity contribution is 5.85. The van der Waals surface area contributed by atoms with E-state index in [0.717, 1.165) is 44.0 Å². The average molecular weight is 436 g/mol. The Hall–Kier alpha value is -3.63. The second kappa shape index (κ2) is 10.3. The lowest BCUT2D eigenvalue weighted by Gasteiger charge is -2.33. The molecule has 0 aliphatic carbocycles. The molecule has 166 valence electrons. The van der Waals surface area contributed by atoms with Crippen molar-refractivity contribution in [2.45, 2.75) is 13.2 Å². The number of fused-ring (bicyclic) bond motifs is 1. The minimum absolute atomic E-state index is 0.581. The van der Waals surface area contributed by atoms with Gasteiger partial charge in [-0.2, -0.15) is 5.10 Å². The summed E-state index contributed by atoms with van der Waals surface area (Å²) in [6, 6.07) is 33.6. The zero-order valence-electron chi connectivity index (χ0n) is 18.8. The predicted molar refractivity (Wildman–Crippen MR) is 136 cm³/mol. The van der Waals surface area contributed by atoms with Gasteiger partial charge in [0.2, 0.25) is 0 Å². The van der Waals surface area contributed by atoms with Crippen LogP contribution in [0.3, 0.4) is 0 Å². The number of hydrogen-bond donors (Lipinski definition) is 0. The van der Waals surface area contributed by atoms with E-state index in [1.807, 2.05) is 36.5 Å². The van der Waals surface area contributed by atoms with Gasteiger partial charge in [-0.1, -0.05) is 72.8 Å². The SMILES string of the molecule is C(=NN1CCN(Cc2cccc3ccccc23)CC1)c1ccc(OCc2ccccc2)cc1. The summed E-state index contributed by atoms with van der Waals surface area (Å²) in [7, 11) is 0. The van der Waals surface area contributed by atoms with Crippen molar-refractivity contribution in [1.82, 2.24) is 9.91 Å². The van der Waals surface area contributed by atoms with Gasteiger partial charge < -0.3 is 4.74 Å². The second-order valence-electron chi connectivity index (χ2n) is 8.46. The molecule has 0 bridgehead atoms. The van der Waals surface area contributed by atoms with Crippen molar-refractivity contribution in [3.05, 3.63) is 114 Å². The first kappa shape index (κ1) is 21.2. The van der Waals surface area contributed by atoms with Gasteiger partial charge in [0.25, 0.3) is 0 Å². The number of hydrogen-bond acceptors (Lipinski definition) is 4. The number of rotatable bonds is 7. The van der Waals surface area contributed by atoms with Gasteiger partial charge >= 0.3 is 0 Å². The van der Waals surface area contributed by atoms with E-state index in [1.54, 1.807) is 0 Å². The van der Waals surface area contributed by atoms with E-state index in [0.29, 0.717) is 6.61 Å². The molecule has 1 fully saturated rings. The van der Waals surface area contributed by atoms with E-state index in [-0.39, 0.29) is 0 Å². The first-order chi connectivity index (χ1) is 16.3. The van der Waals surface area contributed by atoms with Gasteiger partial charge in [0.15, 0.2) is 0 Å². The summed E-state index contributed by atoms with van der Waals surface area (Å²) in [5.74, 6) is 0.873. The van der Waals surface area contributed by atoms with Crippen molar-refractivity contribution in [2.75, 3.05) is 26.2 Å². The Morgan fingerprint density at radius 2 is 1.45 bits per heavy atom. The van der Waals surface area contributed by atoms with Crippen LogP contribution in [-0.4, -0.2) is 42.3 Å². The summed E-state index contributed by atoms with van der Waals surface area (Å²) in [6.07, 6.45) is 1.95. The van der Waals surface area contributed by atoms with E-state index < -0.39 is 0 Å². The highest BCUT2D eigenvalue weighted by Crippen LogP contribution is 2.20. The van der Waals surface area contributed by atoms with Crippen LogP contribution in [0.25, 0.3) is 10.8 Å². The normalized spacial score (nSPS) is 14.7. The van der Waals surface area contributed by atoms with E-state index in [4.69, 9.17) is 9.84 Å². The number of ether oxygens (including phenoxy) is 1. The van der Waals surface area contributed by atoms with E-state index in [2.05, 4.69) is 76.6 Å². The molecule has 0 atom stereocenters. The standard InChI is InChI=1S/C29H29N3O/c1-2-7-25(8-3-1)23-33-28-15-13-24(14-16-28)21-30-32-19-17-31(18-20-32)22-27-11-6-10-26-9-4-5-12-29(26)27/h1-16,21H,17-20,22-23H2. The Kier molecular flexibility index (Phi) is 6.64. The summed E-state index contributed by atoms with van der Waals surface area (Å²) >= 11 is 0. The quantitative estimate of drug-likeness (QED) is 0.355. The summed E-state index contributed by atoms with van der Waals surface area (Å²) in [5, 5.41) is 9.55. The molecular formula is C29H29N3O. The number of piperazine rings is 1. The van der Waals surface area contributed by atoms with E-state index in [9.17, 15) is 0 Å². The lowest BCUT2D eigenvalue weighted by molar-refractivity contribution is 0.131. The van der Waals surface area contributed by atoms with Crippen LogP contribution >= 0.6 is 0 Å². The first-order valence-corrected chi connectivity index (χ1v) is 11.6. The summed E-state index contributed by atoms with van der Waals surface area (Å²) < 4.78 is 5.87. The zero-order valence-corrected chi connectivity index (χ0v) is 18.8. The minimum atomic E-state index is 0.581. The molecule has 1 aliphatic heterocycles. The van der Waals surface area contributed by atoms with E-state index in [1.165, 1.54) is 21.9 Å². The fourth-order valence-electron chi connectivity index (χ4n) is 4.22. The lowest BCUT2D eigenvalue weighted by atomic mass is 10.0. The molecule has 0 aromatic heterocycles. The van der Waals surface area contributed by atoms with Crippen LogP contribution in [0.15, 0.2) is 102 Å². The smallest absolute Gasteiger partial charge is 0.119 e. The minimum Gasteiger partial charge on any atom is -0.489 e. The average Bonchev–Trinajstić information content (AvgIpc) is 2.88. The second-order valence-corrected chi connectivity index (χ2v) is 8.46. The van der Waals surface area contributed by atoms with Crippen LogP contribution in [0.5, 0.6) is 5.75 Å². The van der Waals surface area contributed by atoms with Crippen LogP contribution in [-0.2, 0) is 13.2 Å². The van der Waals surface area contributed by atoms with E-state index >= 15 is 0 Å². The summed E-state index contributed by atoms with van der Waals surface area (Å²) in [5.41, 5.74) is 3.66. The van der Waals surface area contributed by atoms with Gasteiger partial charge in [0.1, 0.15) is 12.4 Å². The molecule has 0 saturated carbocycles. The van der Waals surface area contributed by atoms with Crippen LogP contribution in [0.1, 0.15) is 16.7 Å². The molecule has 0 radical (unpaired) electrons. The molecule has 1 saturated heterocycles. The molecule has 5 rings (SSSR count). The van der Waals surface area contributed by atoms with Gasteiger partial charge in [-0.3, -0.25) is 9.91 Å². The predicted octanol–water partition coefficient (Wildman–Crippen LogP) is 5.57. The van der Waals surface area contributed by atoms with Crippen LogP contribution < -0.4 is 4.74 Å². The van der Waals surface area contributed by atoms with Crippen LogP contribution in [0.2, 0.25) is 0 Å². The molecule has 1 heterocycles. The van der Waals surface area contributed by atoms with Crippen molar-refractivity contribution in [1.29, 1.82) is 0 Å². The molecule has 0 unspecified atom stereocenters. The molecule has 33 heavy (non-hydrogen) atoms. The van der Waals surface area contributed by atoms with Crippen molar-refractivity contribution in [2.24, 2.45) is 5.10 Å². The highest BCUT2D eigenvalue weighted by Gasteiger charge is 2.16. The molecule has 0 amide bonds. The maximum Gasteiger partial charge on any atom is 0.119 e. The van der Waals surface area contributed by atoms with Crippen LogP contribution in [0, 0.1) is 0 Å². The third kappa shape index (κ3) is 5.60. The molecule has 0 spiro atoms. The monoisotopic (exact) mass is 435 g/mol. The van der Waals surface area contributed by atoms with Crippen molar-refractivity contribution in [3.63, 3.8) is 0 Å². The molecule has 4 heteroatoms. The number of hydrazone groups is 1. The Bertz CT molecular complexity index is 1190. The Balaban J connectivity index is 1.11. The fourth-order valence-corrected chi connectivity index (χ4v) is 4.22. The van der Waals surface area contributed by atoms with Gasteiger partial charge in [-0.05, 0) is 51.7 Å². The van der Waals surface area contributed by atoms with Gasteiger partial charge in [0, 0.05) is 32.7 Å². The highest BCUT2D eigenvalue weighted by atomic mass is 16.5. The Morgan fingerprint density at radius 3 is 2.27 bits per heavy atom. The van der Waals surface area contributed by atoms with Crippen molar-refractivity contribution < 1.29 is 4.74 Å². The Morgan fingerprint density at radius 1 is 0.727 bits per heavy atom. The largest absolute Gasteiger partial charge is 0.489 e. The first-order valence-electron chi connectivity index (χ1n) is 11.6. The van der Waals surface area contributed by atoms with Gasteiger partial charge in [-0.15, -0.1) is 0 Å². The molecule has 1 aliphatic rings. The van der Waals surface area contributed by atoms with Gasteiger partial charge in [0.05, 0.1) is 6.21 Å². The fraction of sp³-hybridized carbons (Fsp3) is 0.207. The van der Waals surface area contributed by atoms with Crippen LogP contribution in [0.4, 0.5) is 0 Å². The third-order valence-electron chi connectivity index (χ3n) is 6.12. The van der Waals surface area contributed by atoms with Crippen molar-refractivity contribution >= 4 is 17.0 Å². The molecule has 4 aromatic carbocycles. The molecule has 0 N–H and O–H groups in total. The Labute approximate surface area is 195 Å². The third-order valence-corrected chi connectivity index (χ3v) is 6.12. The molecule has 4 nitrogen and oxygen atoms in total. The van der Waals surface area contributed by atoms with Crippen molar-refractivity contribution in [3.8, 4) is 5.75 Å². The maximum absolute atomic E-state index is 5.87. The topological polar surface area (TPSA) is 28.1 Å². The lowest BCUT2D eigenvalue weighted by Crippen LogP contribution is -2.43. The van der Waals surface area contributed by atoms with Gasteiger partial charge in [-0.25, -0.2) is 0 Å². The molecular weight excluding hydrogens is 406 g/mol. The summed E-state index contributed by atoms with van der Waals surface area (Å²) in [6.45, 7) is 5.50. The zero-order chi connectivity index (χ0) is 22.3.